The maximum Gasteiger partial charge on any atom is 0.00117 e. The summed E-state index contributed by atoms with van der Waals surface area (Å²) in [6.45, 7) is 4.18. The van der Waals surface area contributed by atoms with Crippen LogP contribution in [0.2, 0.25) is 0 Å². The zero-order valence-electron chi connectivity index (χ0n) is 4.68. The van der Waals surface area contributed by atoms with E-state index in [2.05, 4.69) is 12.3 Å². The fourth-order valence-electron chi connectivity index (χ4n) is 0.163. The van der Waals surface area contributed by atoms with Crippen LogP contribution in [-0.4, -0.2) is 5.75 Å². The highest BCUT2D eigenvalue weighted by atomic mass is 33.1. The van der Waals surface area contributed by atoms with Crippen molar-refractivity contribution in [2.24, 2.45) is 0 Å². The number of rotatable bonds is 3. The lowest BCUT2D eigenvalue weighted by Gasteiger charge is -1.83. The van der Waals surface area contributed by atoms with Crippen LogP contribution in [0.15, 0.2) is 11.5 Å². The van der Waals surface area contributed by atoms with E-state index in [1.807, 2.05) is 23.8 Å². The van der Waals surface area contributed by atoms with Crippen molar-refractivity contribution in [1.82, 2.24) is 0 Å². The zero-order chi connectivity index (χ0) is 5.54. The molecule has 0 amide bonds. The van der Waals surface area contributed by atoms with E-state index in [0.29, 0.717) is 0 Å². The van der Waals surface area contributed by atoms with Gasteiger partial charge in [0.05, 0.1) is 0 Å². The summed E-state index contributed by atoms with van der Waals surface area (Å²) in [4.78, 5) is 0. The molecule has 0 rings (SSSR count). The first-order valence-electron chi connectivity index (χ1n) is 2.31. The van der Waals surface area contributed by atoms with Gasteiger partial charge >= 0.3 is 0 Å². The Bertz CT molecular complexity index is 50.0. The van der Waals surface area contributed by atoms with Crippen molar-refractivity contribution in [2.75, 3.05) is 5.75 Å². The highest BCUT2D eigenvalue weighted by Crippen LogP contribution is 2.20. The van der Waals surface area contributed by atoms with Gasteiger partial charge in [-0.2, -0.15) is 0 Å². The second kappa shape index (κ2) is 6.44. The Hall–Kier alpha value is 0.440. The van der Waals surface area contributed by atoms with Crippen molar-refractivity contribution in [1.29, 1.82) is 0 Å². The van der Waals surface area contributed by atoms with Crippen LogP contribution in [0.5, 0.6) is 0 Å². The van der Waals surface area contributed by atoms with Gasteiger partial charge in [-0.15, -0.1) is 0 Å². The van der Waals surface area contributed by atoms with Crippen molar-refractivity contribution >= 4 is 21.6 Å². The monoisotopic (exact) mass is 134 g/mol. The highest BCUT2D eigenvalue weighted by Gasteiger charge is 1.73. The second-order valence-electron chi connectivity index (χ2n) is 0.972. The molecule has 0 saturated carbocycles. The first-order chi connectivity index (χ1) is 3.41. The summed E-state index contributed by atoms with van der Waals surface area (Å²) in [5, 5.41) is 2.09. The van der Waals surface area contributed by atoms with Crippen molar-refractivity contribution in [3.63, 3.8) is 0 Å². The predicted molar refractivity (Wildman–Crippen MR) is 40.5 cm³/mol. The Morgan fingerprint density at radius 1 is 1.57 bits per heavy atom. The predicted octanol–water partition coefficient (Wildman–Crippen LogP) is 2.92. The minimum absolute atomic E-state index is 1.19. The van der Waals surface area contributed by atoms with Crippen LogP contribution in [-0.2, 0) is 0 Å². The van der Waals surface area contributed by atoms with E-state index in [1.165, 1.54) is 5.75 Å². The minimum Gasteiger partial charge on any atom is -0.0899 e. The van der Waals surface area contributed by atoms with Gasteiger partial charge in [-0.05, 0) is 12.3 Å². The maximum atomic E-state index is 2.15. The molecule has 0 radical (unpaired) electrons. The average molecular weight is 134 g/mol. The summed E-state index contributed by atoms with van der Waals surface area (Å²) in [5.74, 6) is 1.19. The molecule has 0 heterocycles. The summed E-state index contributed by atoms with van der Waals surface area (Å²) >= 11 is 0. The second-order valence-corrected chi connectivity index (χ2v) is 3.53. The van der Waals surface area contributed by atoms with E-state index in [1.54, 1.807) is 10.8 Å². The Labute approximate surface area is 53.2 Å². The minimum atomic E-state index is 1.19. The summed E-state index contributed by atoms with van der Waals surface area (Å²) in [5.41, 5.74) is 0. The molecule has 0 atom stereocenters. The molecule has 2 heteroatoms. The lowest BCUT2D eigenvalue weighted by atomic mass is 10.8. The van der Waals surface area contributed by atoms with Crippen molar-refractivity contribution in [3.8, 4) is 0 Å². The molecule has 0 spiro atoms. The normalized spacial score (nSPS) is 10.6. The van der Waals surface area contributed by atoms with Gasteiger partial charge < -0.3 is 0 Å². The summed E-state index contributed by atoms with van der Waals surface area (Å²) < 4.78 is 0. The van der Waals surface area contributed by atoms with Gasteiger partial charge in [0.1, 0.15) is 0 Å². The Morgan fingerprint density at radius 3 is 2.71 bits per heavy atom. The van der Waals surface area contributed by atoms with E-state index >= 15 is 0 Å². The lowest BCUT2D eigenvalue weighted by Crippen LogP contribution is -1.51. The molecule has 0 nitrogen and oxygen atoms in total. The van der Waals surface area contributed by atoms with Gasteiger partial charge in [0.2, 0.25) is 0 Å². The quantitative estimate of drug-likeness (QED) is 0.430. The average Bonchev–Trinajstić information content (AvgIpc) is 1.69. The highest BCUT2D eigenvalue weighted by molar-refractivity contribution is 8.77. The number of allylic oxidation sites excluding steroid dienone is 1. The molecule has 0 aliphatic heterocycles. The molecule has 42 valence electrons. The summed E-state index contributed by atoms with van der Waals surface area (Å²) in [7, 11) is 3.65. The third kappa shape index (κ3) is 6.44. The molecule has 0 fully saturated rings. The molecular formula is C5H10S2. The van der Waals surface area contributed by atoms with Crippen LogP contribution in [0, 0.1) is 0 Å². The van der Waals surface area contributed by atoms with E-state index in [-0.39, 0.29) is 0 Å². The van der Waals surface area contributed by atoms with E-state index in [0.717, 1.165) is 0 Å². The molecule has 0 unspecified atom stereocenters. The molecule has 0 aromatic carbocycles. The van der Waals surface area contributed by atoms with E-state index in [4.69, 9.17) is 0 Å². The number of hydrogen-bond donors (Lipinski definition) is 0. The van der Waals surface area contributed by atoms with Gasteiger partial charge in [0.25, 0.3) is 0 Å². The topological polar surface area (TPSA) is 0 Å². The van der Waals surface area contributed by atoms with Gasteiger partial charge in [0, 0.05) is 5.75 Å². The van der Waals surface area contributed by atoms with Crippen molar-refractivity contribution in [3.05, 3.63) is 11.5 Å². The fraction of sp³-hybridized carbons (Fsp3) is 0.600. The molecule has 0 N–H and O–H groups in total. The smallest absolute Gasteiger partial charge is 0.00117 e. The third-order valence-corrected chi connectivity index (χ3v) is 2.58. The van der Waals surface area contributed by atoms with Crippen LogP contribution in [0.4, 0.5) is 0 Å². The van der Waals surface area contributed by atoms with Gasteiger partial charge in [-0.25, -0.2) is 0 Å². The largest absolute Gasteiger partial charge is 0.0899 e. The zero-order valence-corrected chi connectivity index (χ0v) is 6.31. The van der Waals surface area contributed by atoms with Crippen molar-refractivity contribution in [2.45, 2.75) is 13.8 Å². The van der Waals surface area contributed by atoms with Crippen LogP contribution < -0.4 is 0 Å². The number of hydrogen-bond acceptors (Lipinski definition) is 2. The van der Waals surface area contributed by atoms with Gasteiger partial charge in [-0.3, -0.25) is 0 Å². The first kappa shape index (κ1) is 7.44. The van der Waals surface area contributed by atoms with Gasteiger partial charge in [0.15, 0.2) is 0 Å². The van der Waals surface area contributed by atoms with Crippen LogP contribution >= 0.6 is 21.6 Å². The van der Waals surface area contributed by atoms with E-state index in [9.17, 15) is 0 Å². The van der Waals surface area contributed by atoms with Crippen LogP contribution in [0.1, 0.15) is 13.8 Å². The third-order valence-electron chi connectivity index (χ3n) is 0.378. The lowest BCUT2D eigenvalue weighted by molar-refractivity contribution is 1.54. The van der Waals surface area contributed by atoms with Crippen molar-refractivity contribution < 1.29 is 0 Å². The molecular weight excluding hydrogens is 124 g/mol. The Balaban J connectivity index is 2.69. The fourth-order valence-corrected chi connectivity index (χ4v) is 1.47. The summed E-state index contributed by atoms with van der Waals surface area (Å²) in [6.07, 6.45) is 2.05. The van der Waals surface area contributed by atoms with E-state index < -0.39 is 0 Å². The molecule has 0 aliphatic carbocycles. The SMILES string of the molecule is CC=CSSCC. The molecule has 7 heavy (non-hydrogen) atoms. The van der Waals surface area contributed by atoms with Crippen LogP contribution in [0.25, 0.3) is 0 Å². The first-order valence-corrected chi connectivity index (χ1v) is 4.69. The Morgan fingerprint density at radius 2 is 2.29 bits per heavy atom. The maximum absolute atomic E-state index is 2.15. The molecule has 0 saturated heterocycles. The van der Waals surface area contributed by atoms with Gasteiger partial charge in [-0.1, -0.05) is 34.6 Å². The molecule has 0 aromatic rings. The standard InChI is InChI=1S/C5H10S2/c1-3-5-7-6-4-2/h3,5H,4H2,1-2H3. The summed E-state index contributed by atoms with van der Waals surface area (Å²) in [6, 6.07) is 0. The Kier molecular flexibility index (Phi) is 6.84. The van der Waals surface area contributed by atoms with Crippen LogP contribution in [0.3, 0.4) is 0 Å². The molecule has 0 aromatic heterocycles. The molecule has 0 aliphatic rings. The molecule has 0 bridgehead atoms.